The average molecular weight is 403 g/mol. The molecule has 1 aliphatic heterocycles. The van der Waals surface area contributed by atoms with Gasteiger partial charge in [0.2, 0.25) is 0 Å². The van der Waals surface area contributed by atoms with Crippen molar-refractivity contribution in [3.8, 4) is 5.75 Å². The quantitative estimate of drug-likeness (QED) is 0.674. The minimum absolute atomic E-state index is 0.0354. The summed E-state index contributed by atoms with van der Waals surface area (Å²) in [5.74, 6) is 0.124. The molecule has 146 valence electrons. The molecule has 0 saturated carbocycles. The summed E-state index contributed by atoms with van der Waals surface area (Å²) < 4.78 is 35.3. The lowest BCUT2D eigenvalue weighted by atomic mass is 9.86. The Morgan fingerprint density at radius 2 is 2.12 bits per heavy atom. The minimum Gasteiger partial charge on any atom is -0.489 e. The Hall–Kier alpha value is -0.950. The molecular formula is C19H28ClFN2O2S. The van der Waals surface area contributed by atoms with Gasteiger partial charge in [0.05, 0.1) is 26.8 Å². The lowest BCUT2D eigenvalue weighted by molar-refractivity contribution is 0.294. The Morgan fingerprint density at radius 3 is 2.69 bits per heavy atom. The monoisotopic (exact) mass is 402 g/mol. The molecule has 0 bridgehead atoms. The molecule has 1 heterocycles. The van der Waals surface area contributed by atoms with Gasteiger partial charge in [-0.3, -0.25) is 0 Å². The first-order valence-corrected chi connectivity index (χ1v) is 10.4. The zero-order valence-corrected chi connectivity index (χ0v) is 17.2. The van der Waals surface area contributed by atoms with Crippen molar-refractivity contribution in [1.82, 2.24) is 10.0 Å². The molecule has 0 aromatic heterocycles. The van der Waals surface area contributed by atoms with Gasteiger partial charge in [0.15, 0.2) is 0 Å². The summed E-state index contributed by atoms with van der Waals surface area (Å²) in [6.45, 7) is 11.4. The van der Waals surface area contributed by atoms with Gasteiger partial charge in [-0.2, -0.15) is 0 Å². The van der Waals surface area contributed by atoms with Crippen molar-refractivity contribution in [1.29, 1.82) is 0 Å². The van der Waals surface area contributed by atoms with Crippen LogP contribution in [0.3, 0.4) is 0 Å². The number of rotatable bonds is 7. The highest BCUT2D eigenvalue weighted by Crippen LogP contribution is 2.38. The molecule has 0 aliphatic carbocycles. The van der Waals surface area contributed by atoms with Crippen molar-refractivity contribution in [3.05, 3.63) is 41.2 Å². The first-order chi connectivity index (χ1) is 12.2. The molecule has 26 heavy (non-hydrogen) atoms. The van der Waals surface area contributed by atoms with E-state index in [2.05, 4.69) is 16.6 Å². The first kappa shape index (κ1) is 21.4. The zero-order chi connectivity index (χ0) is 19.3. The summed E-state index contributed by atoms with van der Waals surface area (Å²) in [6, 6.07) is 2.65. The number of ether oxygens (including phenoxy) is 1. The van der Waals surface area contributed by atoms with Crippen LogP contribution in [0.5, 0.6) is 5.75 Å². The lowest BCUT2D eigenvalue weighted by Gasteiger charge is -2.34. The minimum atomic E-state index is -1.28. The second-order valence-corrected chi connectivity index (χ2v) is 9.87. The Labute approximate surface area is 163 Å². The standard InChI is InChI=1S/C19H28ClFN2O2S/c1-5-10-25-17-12-16(21)15(20)11-14(17)18(13-6-8-22-9-7-13)23-26(24)19(2,3)4/h5,11-13,18,22-23H,1,6-10H2,2-4H3/t18-,26?/m1/s1. The predicted octanol–water partition coefficient (Wildman–Crippen LogP) is 4.14. The molecule has 1 fully saturated rings. The van der Waals surface area contributed by atoms with Gasteiger partial charge in [-0.1, -0.05) is 24.3 Å². The van der Waals surface area contributed by atoms with Crippen molar-refractivity contribution in [2.24, 2.45) is 5.92 Å². The van der Waals surface area contributed by atoms with Crippen LogP contribution in [0.4, 0.5) is 4.39 Å². The Balaban J connectivity index is 2.44. The maximum Gasteiger partial charge on any atom is 0.145 e. The Kier molecular flexibility index (Phi) is 7.64. The number of piperidine rings is 1. The fourth-order valence-corrected chi connectivity index (χ4v) is 4.02. The molecule has 0 spiro atoms. The molecule has 2 N–H and O–H groups in total. The van der Waals surface area contributed by atoms with Crippen LogP contribution in [-0.2, 0) is 11.0 Å². The number of benzene rings is 1. The van der Waals surface area contributed by atoms with Crippen LogP contribution in [0.15, 0.2) is 24.8 Å². The highest BCUT2D eigenvalue weighted by Gasteiger charge is 2.32. The largest absolute Gasteiger partial charge is 0.489 e. The maximum absolute atomic E-state index is 14.0. The van der Waals surface area contributed by atoms with Gasteiger partial charge in [0.25, 0.3) is 0 Å². The highest BCUT2D eigenvalue weighted by molar-refractivity contribution is 7.84. The lowest BCUT2D eigenvalue weighted by Crippen LogP contribution is -2.41. The molecule has 7 heteroatoms. The second kappa shape index (κ2) is 9.31. The smallest absolute Gasteiger partial charge is 0.145 e. The van der Waals surface area contributed by atoms with Crippen molar-refractivity contribution < 1.29 is 13.3 Å². The van der Waals surface area contributed by atoms with E-state index in [0.29, 0.717) is 5.75 Å². The maximum atomic E-state index is 14.0. The normalized spacial score (nSPS) is 18.3. The number of hydrogen-bond donors (Lipinski definition) is 2. The summed E-state index contributed by atoms with van der Waals surface area (Å²) in [5.41, 5.74) is 0.739. The van der Waals surface area contributed by atoms with E-state index in [1.165, 1.54) is 6.07 Å². The van der Waals surface area contributed by atoms with Crippen LogP contribution in [0.2, 0.25) is 5.02 Å². The third-order valence-corrected chi connectivity index (χ3v) is 6.26. The fourth-order valence-electron chi connectivity index (χ4n) is 2.94. The number of nitrogens with one attached hydrogen (secondary N) is 2. The van der Waals surface area contributed by atoms with Gasteiger partial charge in [-0.05, 0) is 58.7 Å². The van der Waals surface area contributed by atoms with Gasteiger partial charge in [-0.25, -0.2) is 13.3 Å². The van der Waals surface area contributed by atoms with Crippen molar-refractivity contribution in [2.75, 3.05) is 19.7 Å². The van der Waals surface area contributed by atoms with E-state index in [4.69, 9.17) is 16.3 Å². The van der Waals surface area contributed by atoms with Gasteiger partial charge < -0.3 is 10.1 Å². The van der Waals surface area contributed by atoms with Gasteiger partial charge in [0, 0.05) is 11.6 Å². The van der Waals surface area contributed by atoms with Crippen LogP contribution in [0.1, 0.15) is 45.2 Å². The molecule has 1 unspecified atom stereocenters. The van der Waals surface area contributed by atoms with Crippen LogP contribution in [0.25, 0.3) is 0 Å². The molecule has 2 rings (SSSR count). The van der Waals surface area contributed by atoms with E-state index in [0.717, 1.165) is 31.5 Å². The average Bonchev–Trinajstić information content (AvgIpc) is 2.60. The summed E-state index contributed by atoms with van der Waals surface area (Å²) in [7, 11) is -1.28. The van der Waals surface area contributed by atoms with Crippen LogP contribution in [-0.4, -0.2) is 28.7 Å². The molecular weight excluding hydrogens is 375 g/mol. The van der Waals surface area contributed by atoms with E-state index in [1.807, 2.05) is 20.8 Å². The Morgan fingerprint density at radius 1 is 1.46 bits per heavy atom. The summed E-state index contributed by atoms with van der Waals surface area (Å²) in [4.78, 5) is 0. The van der Waals surface area contributed by atoms with Gasteiger partial charge in [0.1, 0.15) is 18.2 Å². The van der Waals surface area contributed by atoms with E-state index in [9.17, 15) is 8.60 Å². The molecule has 1 aliphatic rings. The molecule has 2 atom stereocenters. The van der Waals surface area contributed by atoms with Crippen LogP contribution >= 0.6 is 11.6 Å². The van der Waals surface area contributed by atoms with Gasteiger partial charge >= 0.3 is 0 Å². The molecule has 1 aromatic carbocycles. The molecule has 4 nitrogen and oxygen atoms in total. The highest BCUT2D eigenvalue weighted by atomic mass is 35.5. The summed E-state index contributed by atoms with van der Waals surface area (Å²) in [6.07, 6.45) is 3.46. The fraction of sp³-hybridized carbons (Fsp3) is 0.579. The molecule has 1 saturated heterocycles. The second-order valence-electron chi connectivity index (χ2n) is 7.47. The third kappa shape index (κ3) is 5.52. The first-order valence-electron chi connectivity index (χ1n) is 8.85. The van der Waals surface area contributed by atoms with Crippen molar-refractivity contribution in [3.63, 3.8) is 0 Å². The third-order valence-electron chi connectivity index (χ3n) is 4.39. The summed E-state index contributed by atoms with van der Waals surface area (Å²) >= 11 is 6.06. The molecule has 1 aromatic rings. The molecule has 0 amide bonds. The Bertz CT molecular complexity index is 658. The van der Waals surface area contributed by atoms with E-state index in [1.54, 1.807) is 12.1 Å². The number of halogens is 2. The van der Waals surface area contributed by atoms with Crippen molar-refractivity contribution >= 4 is 22.6 Å². The van der Waals surface area contributed by atoms with Crippen LogP contribution in [0, 0.1) is 11.7 Å². The number of hydrogen-bond acceptors (Lipinski definition) is 3. The zero-order valence-electron chi connectivity index (χ0n) is 15.6. The predicted molar refractivity (Wildman–Crippen MR) is 106 cm³/mol. The SMILES string of the molecule is C=CCOc1cc(F)c(Cl)cc1[C@H](NS(=O)C(C)(C)C)C1CCNCC1. The van der Waals surface area contributed by atoms with E-state index < -0.39 is 21.5 Å². The van der Waals surface area contributed by atoms with E-state index >= 15 is 0 Å². The van der Waals surface area contributed by atoms with Crippen LogP contribution < -0.4 is 14.8 Å². The molecule has 0 radical (unpaired) electrons. The van der Waals surface area contributed by atoms with E-state index in [-0.39, 0.29) is 23.6 Å². The summed E-state index contributed by atoms with van der Waals surface area (Å²) in [5, 5.41) is 3.38. The topological polar surface area (TPSA) is 50.4 Å². The van der Waals surface area contributed by atoms with Gasteiger partial charge in [-0.15, -0.1) is 0 Å². The van der Waals surface area contributed by atoms with Crippen molar-refractivity contribution in [2.45, 2.75) is 44.4 Å².